The maximum atomic E-state index is 12.5. The standard InChI is InChI=1S/C18H25N3O3S/c1-12(4-6-15-7-5-14(3)24-15)20-18(22)21-8-9-23-16(10-21)17-19-13(2)11-25-17/h5,7,11-12,16H,4,6,8-10H2,1-3H3,(H,20,22). The van der Waals surface area contributed by atoms with E-state index in [1.54, 1.807) is 11.3 Å². The van der Waals surface area contributed by atoms with Crippen molar-refractivity contribution in [2.24, 2.45) is 0 Å². The van der Waals surface area contributed by atoms with Crippen LogP contribution in [0, 0.1) is 13.8 Å². The highest BCUT2D eigenvalue weighted by molar-refractivity contribution is 7.09. The van der Waals surface area contributed by atoms with Crippen LogP contribution in [-0.4, -0.2) is 41.7 Å². The highest BCUT2D eigenvalue weighted by atomic mass is 32.1. The smallest absolute Gasteiger partial charge is 0.317 e. The summed E-state index contributed by atoms with van der Waals surface area (Å²) in [4.78, 5) is 18.8. The summed E-state index contributed by atoms with van der Waals surface area (Å²) in [5.74, 6) is 1.88. The summed E-state index contributed by atoms with van der Waals surface area (Å²) in [5.41, 5.74) is 0.993. The third-order valence-corrected chi connectivity index (χ3v) is 5.31. The molecule has 6 nitrogen and oxygen atoms in total. The SMILES string of the molecule is Cc1csc(C2CN(C(=O)NC(C)CCc3ccc(C)o3)CCO2)n1. The average molecular weight is 363 g/mol. The number of ether oxygens (including phenoxy) is 1. The number of furan rings is 1. The Kier molecular flexibility index (Phi) is 5.75. The number of urea groups is 1. The Labute approximate surface area is 152 Å². The zero-order valence-electron chi connectivity index (χ0n) is 14.9. The molecule has 1 aliphatic heterocycles. The Morgan fingerprint density at radius 2 is 2.32 bits per heavy atom. The van der Waals surface area contributed by atoms with E-state index in [1.807, 2.05) is 43.2 Å². The summed E-state index contributed by atoms with van der Waals surface area (Å²) >= 11 is 1.59. The van der Waals surface area contributed by atoms with E-state index in [9.17, 15) is 4.79 Å². The molecule has 2 atom stereocenters. The Balaban J connectivity index is 1.48. The number of aromatic nitrogens is 1. The zero-order chi connectivity index (χ0) is 17.8. The van der Waals surface area contributed by atoms with Crippen LogP contribution in [0.2, 0.25) is 0 Å². The second kappa shape index (κ2) is 8.01. The Morgan fingerprint density at radius 1 is 1.48 bits per heavy atom. The number of carbonyl (C=O) groups excluding carboxylic acids is 1. The van der Waals surface area contributed by atoms with Crippen LogP contribution >= 0.6 is 11.3 Å². The lowest BCUT2D eigenvalue weighted by atomic mass is 10.1. The van der Waals surface area contributed by atoms with Crippen molar-refractivity contribution in [3.8, 4) is 0 Å². The molecule has 0 aromatic carbocycles. The number of hydrogen-bond donors (Lipinski definition) is 1. The zero-order valence-corrected chi connectivity index (χ0v) is 15.8. The molecule has 7 heteroatoms. The highest BCUT2D eigenvalue weighted by Gasteiger charge is 2.27. The largest absolute Gasteiger partial charge is 0.466 e. The van der Waals surface area contributed by atoms with Crippen molar-refractivity contribution in [2.45, 2.75) is 45.8 Å². The van der Waals surface area contributed by atoms with E-state index in [4.69, 9.17) is 9.15 Å². The van der Waals surface area contributed by atoms with Crippen molar-refractivity contribution in [1.82, 2.24) is 15.2 Å². The van der Waals surface area contributed by atoms with Gasteiger partial charge in [-0.2, -0.15) is 0 Å². The summed E-state index contributed by atoms with van der Waals surface area (Å²) in [7, 11) is 0. The molecule has 0 spiro atoms. The first kappa shape index (κ1) is 17.9. The maximum Gasteiger partial charge on any atom is 0.317 e. The molecule has 1 N–H and O–H groups in total. The molecule has 0 radical (unpaired) electrons. The molecule has 0 saturated carbocycles. The molecule has 2 aromatic heterocycles. The van der Waals surface area contributed by atoms with E-state index in [0.29, 0.717) is 19.7 Å². The lowest BCUT2D eigenvalue weighted by molar-refractivity contribution is -0.0158. The van der Waals surface area contributed by atoms with Crippen LogP contribution in [0.25, 0.3) is 0 Å². The number of hydrogen-bond acceptors (Lipinski definition) is 5. The van der Waals surface area contributed by atoms with Gasteiger partial charge in [0.2, 0.25) is 0 Å². The molecule has 136 valence electrons. The first-order chi connectivity index (χ1) is 12.0. The van der Waals surface area contributed by atoms with Gasteiger partial charge in [-0.05, 0) is 39.3 Å². The van der Waals surface area contributed by atoms with Gasteiger partial charge in [0, 0.05) is 30.1 Å². The molecule has 2 aromatic rings. The van der Waals surface area contributed by atoms with Crippen LogP contribution in [0.3, 0.4) is 0 Å². The van der Waals surface area contributed by atoms with Crippen LogP contribution in [0.5, 0.6) is 0 Å². The van der Waals surface area contributed by atoms with Gasteiger partial charge in [0.1, 0.15) is 22.6 Å². The Morgan fingerprint density at radius 3 is 3.00 bits per heavy atom. The topological polar surface area (TPSA) is 67.6 Å². The van der Waals surface area contributed by atoms with Gasteiger partial charge in [0.05, 0.1) is 13.2 Å². The normalized spacial score (nSPS) is 19.0. The molecule has 0 aliphatic carbocycles. The van der Waals surface area contributed by atoms with Crippen molar-refractivity contribution in [2.75, 3.05) is 19.7 Å². The van der Waals surface area contributed by atoms with Gasteiger partial charge >= 0.3 is 6.03 Å². The van der Waals surface area contributed by atoms with Gasteiger partial charge in [0.15, 0.2) is 0 Å². The number of thiazole rings is 1. The second-order valence-corrected chi connectivity index (χ2v) is 7.42. The van der Waals surface area contributed by atoms with Gasteiger partial charge < -0.3 is 19.4 Å². The summed E-state index contributed by atoms with van der Waals surface area (Å²) < 4.78 is 11.4. The Bertz CT molecular complexity index is 712. The molecular weight excluding hydrogens is 338 g/mol. The molecule has 2 amide bonds. The van der Waals surface area contributed by atoms with Crippen molar-refractivity contribution in [3.63, 3.8) is 0 Å². The third-order valence-electron chi connectivity index (χ3n) is 4.26. The first-order valence-corrected chi connectivity index (χ1v) is 9.53. The van der Waals surface area contributed by atoms with Gasteiger partial charge in [-0.25, -0.2) is 9.78 Å². The molecule has 25 heavy (non-hydrogen) atoms. The number of amides is 2. The summed E-state index contributed by atoms with van der Waals surface area (Å²) in [6.45, 7) is 7.62. The maximum absolute atomic E-state index is 12.5. The molecule has 1 fully saturated rings. The molecule has 2 unspecified atom stereocenters. The minimum atomic E-state index is -0.125. The lowest BCUT2D eigenvalue weighted by Gasteiger charge is -2.32. The van der Waals surface area contributed by atoms with Crippen molar-refractivity contribution >= 4 is 17.4 Å². The third kappa shape index (κ3) is 4.83. The van der Waals surface area contributed by atoms with Gasteiger partial charge in [-0.15, -0.1) is 11.3 Å². The second-order valence-electron chi connectivity index (χ2n) is 6.53. The minimum absolute atomic E-state index is 0.0373. The lowest BCUT2D eigenvalue weighted by Crippen LogP contribution is -2.49. The van der Waals surface area contributed by atoms with E-state index >= 15 is 0 Å². The minimum Gasteiger partial charge on any atom is -0.466 e. The Hall–Kier alpha value is -1.86. The van der Waals surface area contributed by atoms with Gasteiger partial charge in [-0.1, -0.05) is 0 Å². The number of aryl methyl sites for hydroxylation is 3. The number of carbonyl (C=O) groups is 1. The average Bonchev–Trinajstić information content (AvgIpc) is 3.21. The fraction of sp³-hybridized carbons (Fsp3) is 0.556. The monoisotopic (exact) mass is 363 g/mol. The number of nitrogens with one attached hydrogen (secondary N) is 1. The van der Waals surface area contributed by atoms with Crippen LogP contribution in [0.15, 0.2) is 21.9 Å². The predicted molar refractivity (Wildman–Crippen MR) is 96.9 cm³/mol. The number of morpholine rings is 1. The molecule has 1 aliphatic rings. The number of nitrogens with zero attached hydrogens (tertiary/aromatic N) is 2. The van der Waals surface area contributed by atoms with Gasteiger partial charge in [0.25, 0.3) is 0 Å². The van der Waals surface area contributed by atoms with Crippen LogP contribution in [0.4, 0.5) is 4.79 Å². The molecule has 3 rings (SSSR count). The number of rotatable bonds is 5. The first-order valence-electron chi connectivity index (χ1n) is 8.65. The van der Waals surface area contributed by atoms with Crippen molar-refractivity contribution in [1.29, 1.82) is 0 Å². The van der Waals surface area contributed by atoms with E-state index in [1.165, 1.54) is 0 Å². The molecule has 0 bridgehead atoms. The fourth-order valence-electron chi connectivity index (χ4n) is 2.86. The summed E-state index contributed by atoms with van der Waals surface area (Å²) in [6, 6.07) is 4.00. The molecule has 1 saturated heterocycles. The molecular formula is C18H25N3O3S. The van der Waals surface area contributed by atoms with E-state index in [0.717, 1.165) is 35.1 Å². The quantitative estimate of drug-likeness (QED) is 0.883. The van der Waals surface area contributed by atoms with Gasteiger partial charge in [-0.3, -0.25) is 0 Å². The molecule has 3 heterocycles. The summed E-state index contributed by atoms with van der Waals surface area (Å²) in [6.07, 6.45) is 1.54. The van der Waals surface area contributed by atoms with E-state index in [2.05, 4.69) is 10.3 Å². The van der Waals surface area contributed by atoms with Crippen molar-refractivity contribution < 1.29 is 13.9 Å². The van der Waals surface area contributed by atoms with Crippen LogP contribution in [0.1, 0.15) is 41.7 Å². The van der Waals surface area contributed by atoms with E-state index < -0.39 is 0 Å². The van der Waals surface area contributed by atoms with Crippen molar-refractivity contribution in [3.05, 3.63) is 39.7 Å². The van der Waals surface area contributed by atoms with E-state index in [-0.39, 0.29) is 18.2 Å². The fourth-order valence-corrected chi connectivity index (χ4v) is 3.69. The summed E-state index contributed by atoms with van der Waals surface area (Å²) in [5, 5.41) is 6.03. The van der Waals surface area contributed by atoms with Crippen LogP contribution in [-0.2, 0) is 11.2 Å². The predicted octanol–water partition coefficient (Wildman–Crippen LogP) is 3.46. The highest BCUT2D eigenvalue weighted by Crippen LogP contribution is 2.25. The van der Waals surface area contributed by atoms with Crippen LogP contribution < -0.4 is 5.32 Å².